The van der Waals surface area contributed by atoms with Crippen molar-refractivity contribution in [3.05, 3.63) is 41.0 Å². The van der Waals surface area contributed by atoms with Gasteiger partial charge in [-0.3, -0.25) is 0 Å². The van der Waals surface area contributed by atoms with Gasteiger partial charge in [0.05, 0.1) is 17.3 Å². The Morgan fingerprint density at radius 3 is 2.56 bits per heavy atom. The quantitative estimate of drug-likeness (QED) is 0.865. The maximum Gasteiger partial charge on any atom is 0.321 e. The fourth-order valence-corrected chi connectivity index (χ4v) is 3.95. The van der Waals surface area contributed by atoms with Crippen LogP contribution >= 0.6 is 0 Å². The van der Waals surface area contributed by atoms with Crippen LogP contribution in [0.5, 0.6) is 0 Å². The number of nitrogens with zero attached hydrogens (tertiary/aromatic N) is 2. The first-order valence-electron chi connectivity index (χ1n) is 9.38. The van der Waals surface area contributed by atoms with Crippen molar-refractivity contribution in [3.8, 4) is 6.07 Å². The average Bonchev–Trinajstić information content (AvgIpc) is 2.91. The largest absolute Gasteiger partial charge is 0.325 e. The van der Waals surface area contributed by atoms with E-state index in [1.165, 1.54) is 18.4 Å². The van der Waals surface area contributed by atoms with Gasteiger partial charge in [-0.15, -0.1) is 0 Å². The minimum atomic E-state index is -0.232. The predicted molar refractivity (Wildman–Crippen MR) is 99.6 cm³/mol. The molecule has 132 valence electrons. The summed E-state index contributed by atoms with van der Waals surface area (Å²) in [5.74, 6) is 0. The van der Waals surface area contributed by atoms with E-state index in [4.69, 9.17) is 0 Å². The van der Waals surface area contributed by atoms with Crippen LogP contribution in [-0.2, 0) is 6.42 Å². The molecule has 0 saturated carbocycles. The van der Waals surface area contributed by atoms with Crippen LogP contribution in [0.1, 0.15) is 57.1 Å². The topological polar surface area (TPSA) is 56.1 Å². The SMILES string of the molecule is CC[C@@]1(C)Cc2ccccc2C(NC(=O)N2CCCCCC2)=C1C#N. The molecular formula is C21H27N3O. The lowest BCUT2D eigenvalue weighted by Crippen LogP contribution is -2.41. The lowest BCUT2D eigenvalue weighted by atomic mass is 9.69. The van der Waals surface area contributed by atoms with E-state index in [1.54, 1.807) is 0 Å². The van der Waals surface area contributed by atoms with Gasteiger partial charge in [-0.2, -0.15) is 5.26 Å². The normalized spacial score (nSPS) is 23.5. The van der Waals surface area contributed by atoms with E-state index in [1.807, 2.05) is 23.1 Å². The Labute approximate surface area is 150 Å². The Kier molecular flexibility index (Phi) is 5.13. The van der Waals surface area contributed by atoms with Gasteiger partial charge in [0.2, 0.25) is 0 Å². The van der Waals surface area contributed by atoms with Gasteiger partial charge < -0.3 is 10.2 Å². The zero-order valence-electron chi connectivity index (χ0n) is 15.3. The first kappa shape index (κ1) is 17.5. The molecule has 0 aromatic heterocycles. The van der Waals surface area contributed by atoms with Crippen molar-refractivity contribution in [2.45, 2.75) is 52.4 Å². The second kappa shape index (κ2) is 7.31. The number of likely N-dealkylation sites (tertiary alicyclic amines) is 1. The van der Waals surface area contributed by atoms with Crippen LogP contribution in [0.15, 0.2) is 29.8 Å². The highest BCUT2D eigenvalue weighted by Crippen LogP contribution is 2.43. The molecule has 1 aliphatic heterocycles. The first-order chi connectivity index (χ1) is 12.1. The van der Waals surface area contributed by atoms with Crippen LogP contribution in [0.2, 0.25) is 0 Å². The summed E-state index contributed by atoms with van der Waals surface area (Å²) < 4.78 is 0. The van der Waals surface area contributed by atoms with Gasteiger partial charge >= 0.3 is 6.03 Å². The monoisotopic (exact) mass is 337 g/mol. The minimum absolute atomic E-state index is 0.0696. The number of amides is 2. The molecule has 1 N–H and O–H groups in total. The molecule has 1 aliphatic carbocycles. The van der Waals surface area contributed by atoms with Crippen molar-refractivity contribution in [2.75, 3.05) is 13.1 Å². The van der Waals surface area contributed by atoms with Gasteiger partial charge in [0.25, 0.3) is 0 Å². The molecule has 25 heavy (non-hydrogen) atoms. The van der Waals surface area contributed by atoms with Gasteiger partial charge in [0, 0.05) is 24.1 Å². The van der Waals surface area contributed by atoms with Crippen molar-refractivity contribution < 1.29 is 4.79 Å². The Hall–Kier alpha value is -2.28. The third-order valence-corrected chi connectivity index (χ3v) is 5.74. The van der Waals surface area contributed by atoms with E-state index in [0.717, 1.165) is 44.3 Å². The molecule has 0 radical (unpaired) electrons. The van der Waals surface area contributed by atoms with Crippen LogP contribution in [0.25, 0.3) is 5.70 Å². The van der Waals surface area contributed by atoms with Gasteiger partial charge in [-0.25, -0.2) is 4.79 Å². The Morgan fingerprint density at radius 2 is 1.92 bits per heavy atom. The number of fused-ring (bicyclic) bond motifs is 1. The maximum absolute atomic E-state index is 12.9. The third kappa shape index (κ3) is 3.42. The molecule has 2 amide bonds. The van der Waals surface area contributed by atoms with E-state index in [2.05, 4.69) is 31.3 Å². The number of carbonyl (C=O) groups is 1. The number of nitriles is 1. The zero-order chi connectivity index (χ0) is 17.9. The minimum Gasteiger partial charge on any atom is -0.325 e. The van der Waals surface area contributed by atoms with Gasteiger partial charge in [-0.1, -0.05) is 51.0 Å². The average molecular weight is 337 g/mol. The molecule has 1 atom stereocenters. The zero-order valence-corrected chi connectivity index (χ0v) is 15.3. The molecule has 0 spiro atoms. The summed E-state index contributed by atoms with van der Waals surface area (Å²) in [6, 6.07) is 10.5. The summed E-state index contributed by atoms with van der Waals surface area (Å²) >= 11 is 0. The smallest absolute Gasteiger partial charge is 0.321 e. The number of nitrogens with one attached hydrogen (secondary N) is 1. The summed E-state index contributed by atoms with van der Waals surface area (Å²) in [7, 11) is 0. The highest BCUT2D eigenvalue weighted by Gasteiger charge is 2.37. The van der Waals surface area contributed by atoms with Crippen molar-refractivity contribution in [3.63, 3.8) is 0 Å². The van der Waals surface area contributed by atoms with E-state index in [9.17, 15) is 10.1 Å². The van der Waals surface area contributed by atoms with E-state index < -0.39 is 0 Å². The molecule has 1 aromatic rings. The molecule has 3 rings (SSSR count). The maximum atomic E-state index is 12.9. The number of hydrogen-bond donors (Lipinski definition) is 1. The lowest BCUT2D eigenvalue weighted by Gasteiger charge is -2.36. The fraction of sp³-hybridized carbons (Fsp3) is 0.524. The van der Waals surface area contributed by atoms with Crippen LogP contribution in [0.4, 0.5) is 4.79 Å². The Morgan fingerprint density at radius 1 is 1.24 bits per heavy atom. The van der Waals surface area contributed by atoms with Crippen LogP contribution in [0, 0.1) is 16.7 Å². The standard InChI is InChI=1S/C21H27N3O/c1-3-21(2)14-16-10-6-7-11-17(16)19(18(21)15-22)23-20(25)24-12-8-4-5-9-13-24/h6-7,10-11H,3-5,8-9,12-14H2,1-2H3,(H,23,25)/t21-/m0/s1. The molecule has 0 bridgehead atoms. The van der Waals surface area contributed by atoms with Gasteiger partial charge in [0.1, 0.15) is 0 Å². The molecular weight excluding hydrogens is 310 g/mol. The number of urea groups is 1. The van der Waals surface area contributed by atoms with Gasteiger partial charge in [-0.05, 0) is 31.2 Å². The molecule has 0 unspecified atom stereocenters. The van der Waals surface area contributed by atoms with Crippen molar-refractivity contribution >= 4 is 11.7 Å². The molecule has 1 fully saturated rings. The Bertz CT molecular complexity index is 723. The molecule has 2 aliphatic rings. The van der Waals surface area contributed by atoms with Crippen molar-refractivity contribution in [1.29, 1.82) is 5.26 Å². The van der Waals surface area contributed by atoms with Crippen molar-refractivity contribution in [2.24, 2.45) is 5.41 Å². The number of carbonyl (C=O) groups excluding carboxylic acids is 1. The number of benzene rings is 1. The Balaban J connectivity index is 1.97. The number of rotatable bonds is 2. The molecule has 4 heteroatoms. The summed E-state index contributed by atoms with van der Waals surface area (Å²) in [5.41, 5.74) is 3.38. The molecule has 1 saturated heterocycles. The molecule has 1 aromatic carbocycles. The first-order valence-corrected chi connectivity index (χ1v) is 9.38. The van der Waals surface area contributed by atoms with Gasteiger partial charge in [0.15, 0.2) is 0 Å². The molecule has 1 heterocycles. The highest BCUT2D eigenvalue weighted by atomic mass is 16.2. The fourth-order valence-electron chi connectivity index (χ4n) is 3.95. The second-order valence-electron chi connectivity index (χ2n) is 7.44. The van der Waals surface area contributed by atoms with E-state index in [-0.39, 0.29) is 11.4 Å². The summed E-state index contributed by atoms with van der Waals surface area (Å²) in [5, 5.41) is 13.0. The third-order valence-electron chi connectivity index (χ3n) is 5.74. The van der Waals surface area contributed by atoms with Crippen LogP contribution in [0.3, 0.4) is 0 Å². The predicted octanol–water partition coefficient (Wildman–Crippen LogP) is 4.48. The highest BCUT2D eigenvalue weighted by molar-refractivity contribution is 5.89. The van der Waals surface area contributed by atoms with Crippen molar-refractivity contribution in [1.82, 2.24) is 10.2 Å². The summed E-state index contributed by atoms with van der Waals surface area (Å²) in [4.78, 5) is 14.8. The van der Waals surface area contributed by atoms with Crippen LogP contribution in [-0.4, -0.2) is 24.0 Å². The number of allylic oxidation sites excluding steroid dienone is 1. The lowest BCUT2D eigenvalue weighted by molar-refractivity contribution is 0.204. The summed E-state index contributed by atoms with van der Waals surface area (Å²) in [6.45, 7) is 5.83. The van der Waals surface area contributed by atoms with E-state index >= 15 is 0 Å². The summed E-state index contributed by atoms with van der Waals surface area (Å²) in [6.07, 6.45) is 6.19. The second-order valence-corrected chi connectivity index (χ2v) is 7.44. The van der Waals surface area contributed by atoms with Crippen LogP contribution < -0.4 is 5.32 Å². The molecule has 4 nitrogen and oxygen atoms in total. The number of hydrogen-bond acceptors (Lipinski definition) is 2. The van der Waals surface area contributed by atoms with E-state index in [0.29, 0.717) is 11.3 Å².